The van der Waals surface area contributed by atoms with Crippen molar-refractivity contribution in [3.8, 4) is 0 Å². The minimum Gasteiger partial charge on any atom is -0.353 e. The van der Waals surface area contributed by atoms with E-state index >= 15 is 0 Å². The van der Waals surface area contributed by atoms with Crippen molar-refractivity contribution in [1.29, 1.82) is 0 Å². The lowest BCUT2D eigenvalue weighted by Crippen LogP contribution is -2.45. The standard InChI is InChI=1S/C18H24ClN3O2S/c19-15-3-1-14(2-4-15)13-21-8-5-16(6-9-21)20-17(23)7-10-22-11-12-25-18(22)24/h1-4,16H,5-13H2,(H,20,23). The van der Waals surface area contributed by atoms with Gasteiger partial charge in [0, 0.05) is 56.0 Å². The number of thioether (sulfide) groups is 1. The number of carbonyl (C=O) groups excluding carboxylic acids is 2. The van der Waals surface area contributed by atoms with Crippen molar-refractivity contribution < 1.29 is 9.59 Å². The Morgan fingerprint density at radius 3 is 2.56 bits per heavy atom. The summed E-state index contributed by atoms with van der Waals surface area (Å²) < 4.78 is 0. The number of piperidine rings is 1. The minimum absolute atomic E-state index is 0.0563. The first-order valence-electron chi connectivity index (χ1n) is 8.78. The van der Waals surface area contributed by atoms with Crippen molar-refractivity contribution in [3.63, 3.8) is 0 Å². The van der Waals surface area contributed by atoms with Crippen LogP contribution in [0.2, 0.25) is 5.02 Å². The second kappa shape index (κ2) is 8.92. The van der Waals surface area contributed by atoms with E-state index in [1.54, 1.807) is 4.90 Å². The van der Waals surface area contributed by atoms with Crippen LogP contribution in [0.15, 0.2) is 24.3 Å². The maximum atomic E-state index is 12.1. The molecule has 2 heterocycles. The van der Waals surface area contributed by atoms with Crippen LogP contribution in [0, 0.1) is 0 Å². The molecule has 2 saturated heterocycles. The SMILES string of the molecule is O=C(CCN1CCSC1=O)NC1CCN(Cc2ccc(Cl)cc2)CC1. The Hall–Kier alpha value is -1.24. The van der Waals surface area contributed by atoms with Gasteiger partial charge in [-0.3, -0.25) is 14.5 Å². The van der Waals surface area contributed by atoms with Crippen LogP contribution in [0.25, 0.3) is 0 Å². The fourth-order valence-corrected chi connectivity index (χ4v) is 4.23. The van der Waals surface area contributed by atoms with Crippen LogP contribution in [0.4, 0.5) is 4.79 Å². The molecule has 0 radical (unpaired) electrons. The Morgan fingerprint density at radius 1 is 1.20 bits per heavy atom. The van der Waals surface area contributed by atoms with Crippen LogP contribution in [0.3, 0.4) is 0 Å². The van der Waals surface area contributed by atoms with E-state index in [2.05, 4.69) is 22.3 Å². The Balaban J connectivity index is 1.35. The summed E-state index contributed by atoms with van der Waals surface area (Å²) in [5.41, 5.74) is 1.26. The molecular weight excluding hydrogens is 358 g/mol. The van der Waals surface area contributed by atoms with Crippen molar-refractivity contribution in [2.24, 2.45) is 0 Å². The molecule has 1 aromatic carbocycles. The van der Waals surface area contributed by atoms with Gasteiger partial charge < -0.3 is 10.2 Å². The molecule has 0 spiro atoms. The molecular formula is C18H24ClN3O2S. The molecule has 0 aromatic heterocycles. The number of halogens is 1. The van der Waals surface area contributed by atoms with Crippen molar-refractivity contribution in [2.45, 2.75) is 31.8 Å². The summed E-state index contributed by atoms with van der Waals surface area (Å²) in [4.78, 5) is 27.8. The molecule has 2 amide bonds. The Bertz CT molecular complexity index is 603. The average molecular weight is 382 g/mol. The van der Waals surface area contributed by atoms with Gasteiger partial charge in [-0.2, -0.15) is 0 Å². The number of hydrogen-bond donors (Lipinski definition) is 1. The fourth-order valence-electron chi connectivity index (χ4n) is 3.25. The lowest BCUT2D eigenvalue weighted by molar-refractivity contribution is -0.122. The van der Waals surface area contributed by atoms with E-state index in [0.717, 1.165) is 49.8 Å². The highest BCUT2D eigenvalue weighted by Gasteiger charge is 2.23. The van der Waals surface area contributed by atoms with Crippen molar-refractivity contribution in [3.05, 3.63) is 34.9 Å². The molecule has 2 aliphatic heterocycles. The molecule has 0 saturated carbocycles. The van der Waals surface area contributed by atoms with Gasteiger partial charge in [0.25, 0.3) is 5.24 Å². The zero-order chi connectivity index (χ0) is 17.6. The third-order valence-corrected chi connectivity index (χ3v) is 5.87. The summed E-state index contributed by atoms with van der Waals surface area (Å²) in [5, 5.41) is 3.99. The Kier molecular flexibility index (Phi) is 6.62. The van der Waals surface area contributed by atoms with Gasteiger partial charge in [0.2, 0.25) is 5.91 Å². The highest BCUT2D eigenvalue weighted by Crippen LogP contribution is 2.18. The smallest absolute Gasteiger partial charge is 0.281 e. The van der Waals surface area contributed by atoms with Gasteiger partial charge in [-0.05, 0) is 30.5 Å². The number of nitrogens with zero attached hydrogens (tertiary/aromatic N) is 2. The fraction of sp³-hybridized carbons (Fsp3) is 0.556. The summed E-state index contributed by atoms with van der Waals surface area (Å²) >= 11 is 7.26. The van der Waals surface area contributed by atoms with E-state index in [0.29, 0.717) is 13.0 Å². The van der Waals surface area contributed by atoms with E-state index in [1.807, 2.05) is 12.1 Å². The normalized spacial score (nSPS) is 19.4. The van der Waals surface area contributed by atoms with E-state index < -0.39 is 0 Å². The van der Waals surface area contributed by atoms with Crippen LogP contribution in [0.5, 0.6) is 0 Å². The number of nitrogens with one attached hydrogen (secondary N) is 1. The highest BCUT2D eigenvalue weighted by atomic mass is 35.5. The first-order valence-corrected chi connectivity index (χ1v) is 10.1. The van der Waals surface area contributed by atoms with Gasteiger partial charge >= 0.3 is 0 Å². The molecule has 25 heavy (non-hydrogen) atoms. The van der Waals surface area contributed by atoms with Crippen molar-refractivity contribution >= 4 is 34.5 Å². The predicted molar refractivity (Wildman–Crippen MR) is 102 cm³/mol. The molecule has 0 atom stereocenters. The topological polar surface area (TPSA) is 52.7 Å². The summed E-state index contributed by atoms with van der Waals surface area (Å²) in [6.45, 7) is 4.18. The Morgan fingerprint density at radius 2 is 1.92 bits per heavy atom. The predicted octanol–water partition coefficient (Wildman–Crippen LogP) is 2.98. The largest absolute Gasteiger partial charge is 0.353 e. The molecule has 1 N–H and O–H groups in total. The number of benzene rings is 1. The third-order valence-electron chi connectivity index (χ3n) is 4.73. The number of rotatable bonds is 6. The zero-order valence-corrected chi connectivity index (χ0v) is 15.8. The van der Waals surface area contributed by atoms with Crippen LogP contribution >= 0.6 is 23.4 Å². The third kappa shape index (κ3) is 5.62. The van der Waals surface area contributed by atoms with Gasteiger partial charge in [-0.15, -0.1) is 0 Å². The van der Waals surface area contributed by atoms with Crippen molar-refractivity contribution in [1.82, 2.24) is 15.1 Å². The molecule has 0 aliphatic carbocycles. The Labute approximate surface area is 158 Å². The molecule has 0 bridgehead atoms. The van der Waals surface area contributed by atoms with E-state index in [9.17, 15) is 9.59 Å². The number of carbonyl (C=O) groups is 2. The summed E-state index contributed by atoms with van der Waals surface area (Å²) in [7, 11) is 0. The second-order valence-corrected chi connectivity index (χ2v) is 8.08. The number of amides is 2. The second-order valence-electron chi connectivity index (χ2n) is 6.60. The van der Waals surface area contributed by atoms with Gasteiger partial charge in [-0.25, -0.2) is 0 Å². The first kappa shape index (κ1) is 18.5. The van der Waals surface area contributed by atoms with Crippen LogP contribution in [-0.4, -0.2) is 58.9 Å². The number of likely N-dealkylation sites (tertiary alicyclic amines) is 1. The van der Waals surface area contributed by atoms with Crippen LogP contribution in [0.1, 0.15) is 24.8 Å². The molecule has 0 unspecified atom stereocenters. The van der Waals surface area contributed by atoms with E-state index in [-0.39, 0.29) is 17.2 Å². The molecule has 5 nitrogen and oxygen atoms in total. The summed E-state index contributed by atoms with van der Waals surface area (Å²) in [6, 6.07) is 8.22. The van der Waals surface area contributed by atoms with E-state index in [1.165, 1.54) is 17.3 Å². The molecule has 136 valence electrons. The van der Waals surface area contributed by atoms with Gasteiger partial charge in [-0.1, -0.05) is 35.5 Å². The molecule has 2 fully saturated rings. The molecule has 3 rings (SSSR count). The average Bonchev–Trinajstić information content (AvgIpc) is 3.02. The molecule has 1 aromatic rings. The first-order chi connectivity index (χ1) is 12.1. The maximum Gasteiger partial charge on any atom is 0.281 e. The maximum absolute atomic E-state index is 12.1. The van der Waals surface area contributed by atoms with Crippen molar-refractivity contribution in [2.75, 3.05) is 31.9 Å². The van der Waals surface area contributed by atoms with Gasteiger partial charge in [0.1, 0.15) is 0 Å². The molecule has 7 heteroatoms. The number of hydrogen-bond acceptors (Lipinski definition) is 4. The van der Waals surface area contributed by atoms with E-state index in [4.69, 9.17) is 11.6 Å². The van der Waals surface area contributed by atoms with Crippen LogP contribution in [-0.2, 0) is 11.3 Å². The van der Waals surface area contributed by atoms with Crippen LogP contribution < -0.4 is 5.32 Å². The lowest BCUT2D eigenvalue weighted by Gasteiger charge is -2.32. The highest BCUT2D eigenvalue weighted by molar-refractivity contribution is 8.13. The van der Waals surface area contributed by atoms with Gasteiger partial charge in [0.15, 0.2) is 0 Å². The summed E-state index contributed by atoms with van der Waals surface area (Å²) in [5.74, 6) is 0.896. The minimum atomic E-state index is 0.0563. The monoisotopic (exact) mass is 381 g/mol. The van der Waals surface area contributed by atoms with Gasteiger partial charge in [0.05, 0.1) is 0 Å². The summed E-state index contributed by atoms with van der Waals surface area (Å²) in [6.07, 6.45) is 2.34. The molecule has 2 aliphatic rings. The lowest BCUT2D eigenvalue weighted by atomic mass is 10.0. The quantitative estimate of drug-likeness (QED) is 0.823. The zero-order valence-electron chi connectivity index (χ0n) is 14.2.